The van der Waals surface area contributed by atoms with Crippen molar-refractivity contribution in [2.75, 3.05) is 18.6 Å². The Morgan fingerprint density at radius 2 is 1.84 bits per heavy atom. The van der Waals surface area contributed by atoms with Crippen LogP contribution in [0.1, 0.15) is 49.9 Å². The van der Waals surface area contributed by atoms with Crippen molar-refractivity contribution in [2.24, 2.45) is 5.92 Å². The number of ketones is 1. The van der Waals surface area contributed by atoms with Crippen LogP contribution >= 0.6 is 0 Å². The van der Waals surface area contributed by atoms with E-state index < -0.39 is 17.7 Å². The molecule has 1 unspecified atom stereocenters. The van der Waals surface area contributed by atoms with E-state index in [-0.39, 0.29) is 23.7 Å². The van der Waals surface area contributed by atoms with Gasteiger partial charge in [0.25, 0.3) is 5.91 Å². The maximum atomic E-state index is 13.3. The van der Waals surface area contributed by atoms with Crippen molar-refractivity contribution < 1.29 is 24.2 Å². The molecule has 6 heteroatoms. The van der Waals surface area contributed by atoms with Crippen LogP contribution in [-0.2, 0) is 9.59 Å². The summed E-state index contributed by atoms with van der Waals surface area (Å²) >= 11 is 0. The lowest BCUT2D eigenvalue weighted by Crippen LogP contribution is -2.31. The van der Waals surface area contributed by atoms with Gasteiger partial charge in [0, 0.05) is 12.1 Å². The lowest BCUT2D eigenvalue weighted by molar-refractivity contribution is -0.118. The molecule has 32 heavy (non-hydrogen) atoms. The van der Waals surface area contributed by atoms with Gasteiger partial charge in [-0.05, 0) is 56.0 Å². The van der Waals surface area contributed by atoms with Crippen LogP contribution in [0.15, 0.2) is 47.7 Å². The average molecular weight is 438 g/mol. The molecule has 1 aliphatic rings. The quantitative estimate of drug-likeness (QED) is 0.612. The second-order valence-electron chi connectivity index (χ2n) is 8.49. The number of aliphatic hydroxyl groups excluding tert-OH is 1. The van der Waals surface area contributed by atoms with Gasteiger partial charge in [-0.15, -0.1) is 0 Å². The van der Waals surface area contributed by atoms with Crippen molar-refractivity contribution in [2.45, 2.75) is 47.1 Å². The number of hydrogen-bond donors (Lipinski definition) is 1. The van der Waals surface area contributed by atoms with E-state index in [1.165, 1.54) is 4.90 Å². The second-order valence-corrected chi connectivity index (χ2v) is 8.49. The van der Waals surface area contributed by atoms with E-state index in [1.807, 2.05) is 52.8 Å². The Bertz CT molecular complexity index is 1070. The third-order valence-electron chi connectivity index (χ3n) is 5.52. The molecule has 1 atom stereocenters. The fourth-order valence-corrected chi connectivity index (χ4v) is 4.14. The van der Waals surface area contributed by atoms with Gasteiger partial charge in [0.2, 0.25) is 0 Å². The fourth-order valence-electron chi connectivity index (χ4n) is 4.14. The molecule has 0 radical (unpaired) electrons. The van der Waals surface area contributed by atoms with Crippen LogP contribution in [0.4, 0.5) is 5.69 Å². The molecular formula is C26H31NO5. The zero-order valence-corrected chi connectivity index (χ0v) is 19.6. The zero-order valence-electron chi connectivity index (χ0n) is 19.6. The van der Waals surface area contributed by atoms with Crippen molar-refractivity contribution in [3.8, 4) is 11.5 Å². The van der Waals surface area contributed by atoms with Gasteiger partial charge in [-0.3, -0.25) is 14.5 Å². The average Bonchev–Trinajstić information content (AvgIpc) is 2.99. The molecule has 0 aliphatic carbocycles. The maximum absolute atomic E-state index is 13.3. The van der Waals surface area contributed by atoms with Crippen molar-refractivity contribution >= 4 is 17.4 Å². The number of Topliss-reactive ketones (excluding diaryl/α,β-unsaturated/α-hetero) is 1. The van der Waals surface area contributed by atoms with Gasteiger partial charge in [0.1, 0.15) is 0 Å². The standard InChI is InChI=1S/C26H31NO5/c1-7-32-22-14-18(9-11-21(22)31-6)24-23(20(28)12-15(2)3)25(29)26(30)27(24)19-10-8-16(4)13-17(19)5/h8-11,13-15,24,29H,7,12H2,1-6H3. The number of aryl methyl sites for hydroxylation is 2. The molecule has 170 valence electrons. The lowest BCUT2D eigenvalue weighted by Gasteiger charge is -2.29. The highest BCUT2D eigenvalue weighted by Crippen LogP contribution is 2.44. The van der Waals surface area contributed by atoms with Crippen LogP contribution in [0.25, 0.3) is 0 Å². The van der Waals surface area contributed by atoms with Crippen LogP contribution < -0.4 is 14.4 Å². The van der Waals surface area contributed by atoms with Crippen LogP contribution in [0, 0.1) is 19.8 Å². The predicted octanol–water partition coefficient (Wildman–Crippen LogP) is 5.23. The normalized spacial score (nSPS) is 16.2. The van der Waals surface area contributed by atoms with Crippen LogP contribution in [0.2, 0.25) is 0 Å². The number of amides is 1. The smallest absolute Gasteiger partial charge is 0.294 e. The van der Waals surface area contributed by atoms with E-state index in [0.29, 0.717) is 29.4 Å². The van der Waals surface area contributed by atoms with Gasteiger partial charge < -0.3 is 14.6 Å². The molecule has 0 bridgehead atoms. The SMILES string of the molecule is CCOc1cc(C2C(C(=O)CC(C)C)=C(O)C(=O)N2c2ccc(C)cc2C)ccc1OC. The fraction of sp³-hybridized carbons (Fsp3) is 0.385. The second kappa shape index (κ2) is 9.47. The molecule has 3 rings (SSSR count). The van der Waals surface area contributed by atoms with E-state index in [2.05, 4.69) is 0 Å². The third kappa shape index (κ3) is 4.35. The monoisotopic (exact) mass is 437 g/mol. The minimum Gasteiger partial charge on any atom is -0.503 e. The molecule has 0 saturated heterocycles. The summed E-state index contributed by atoms with van der Waals surface area (Å²) in [7, 11) is 1.56. The van der Waals surface area contributed by atoms with Gasteiger partial charge in [-0.2, -0.15) is 0 Å². The first-order valence-electron chi connectivity index (χ1n) is 10.9. The topological polar surface area (TPSA) is 76.1 Å². The Labute approximate surface area is 189 Å². The van der Waals surface area contributed by atoms with E-state index in [9.17, 15) is 14.7 Å². The number of ether oxygens (including phenoxy) is 2. The molecule has 0 fully saturated rings. The van der Waals surface area contributed by atoms with E-state index in [1.54, 1.807) is 25.3 Å². The van der Waals surface area contributed by atoms with Crippen molar-refractivity contribution in [1.29, 1.82) is 0 Å². The molecule has 6 nitrogen and oxygen atoms in total. The highest BCUT2D eigenvalue weighted by Gasteiger charge is 2.44. The summed E-state index contributed by atoms with van der Waals surface area (Å²) in [6, 6.07) is 10.3. The Hall–Kier alpha value is -3.28. The molecular weight excluding hydrogens is 406 g/mol. The number of nitrogens with zero attached hydrogens (tertiary/aromatic N) is 1. The first-order chi connectivity index (χ1) is 15.2. The molecule has 1 heterocycles. The Kier molecular flexibility index (Phi) is 6.92. The summed E-state index contributed by atoms with van der Waals surface area (Å²) < 4.78 is 11.1. The highest BCUT2D eigenvalue weighted by atomic mass is 16.5. The van der Waals surface area contributed by atoms with Crippen molar-refractivity contribution in [1.82, 2.24) is 0 Å². The largest absolute Gasteiger partial charge is 0.503 e. The minimum absolute atomic E-state index is 0.0866. The summed E-state index contributed by atoms with van der Waals surface area (Å²) in [4.78, 5) is 28.0. The lowest BCUT2D eigenvalue weighted by atomic mass is 9.91. The summed E-state index contributed by atoms with van der Waals surface area (Å²) in [6.07, 6.45) is 0.234. The summed E-state index contributed by atoms with van der Waals surface area (Å²) in [6.45, 7) is 10.1. The molecule has 1 N–H and O–H groups in total. The van der Waals surface area contributed by atoms with E-state index in [0.717, 1.165) is 11.1 Å². The minimum atomic E-state index is -0.764. The maximum Gasteiger partial charge on any atom is 0.294 e. The summed E-state index contributed by atoms with van der Waals surface area (Å²) in [5, 5.41) is 10.8. The number of carbonyl (C=O) groups is 2. The Morgan fingerprint density at radius 1 is 1.12 bits per heavy atom. The Balaban J connectivity index is 2.21. The van der Waals surface area contributed by atoms with E-state index in [4.69, 9.17) is 9.47 Å². The summed E-state index contributed by atoms with van der Waals surface area (Å²) in [5.74, 6) is -0.151. The van der Waals surface area contributed by atoms with E-state index >= 15 is 0 Å². The molecule has 1 amide bonds. The number of carbonyl (C=O) groups excluding carboxylic acids is 2. The molecule has 2 aromatic rings. The number of aliphatic hydroxyl groups is 1. The highest BCUT2D eigenvalue weighted by molar-refractivity contribution is 6.16. The first-order valence-corrected chi connectivity index (χ1v) is 10.9. The van der Waals surface area contributed by atoms with Gasteiger partial charge in [-0.25, -0.2) is 0 Å². The molecule has 1 aliphatic heterocycles. The van der Waals surface area contributed by atoms with Gasteiger partial charge in [0.05, 0.1) is 25.3 Å². The number of hydrogen-bond acceptors (Lipinski definition) is 5. The van der Waals surface area contributed by atoms with Crippen molar-refractivity contribution in [3.05, 3.63) is 64.4 Å². The molecule has 0 saturated carbocycles. The van der Waals surface area contributed by atoms with Gasteiger partial charge in [0.15, 0.2) is 23.0 Å². The third-order valence-corrected chi connectivity index (χ3v) is 5.52. The van der Waals surface area contributed by atoms with Crippen LogP contribution in [0.3, 0.4) is 0 Å². The number of methoxy groups -OCH3 is 1. The van der Waals surface area contributed by atoms with Crippen LogP contribution in [0.5, 0.6) is 11.5 Å². The molecule has 2 aromatic carbocycles. The Morgan fingerprint density at radius 3 is 2.44 bits per heavy atom. The number of rotatable bonds is 8. The van der Waals surface area contributed by atoms with Gasteiger partial charge in [-0.1, -0.05) is 37.6 Å². The number of anilines is 1. The molecule has 0 aromatic heterocycles. The van der Waals surface area contributed by atoms with Crippen molar-refractivity contribution in [3.63, 3.8) is 0 Å². The predicted molar refractivity (Wildman–Crippen MR) is 124 cm³/mol. The van der Waals surface area contributed by atoms with Gasteiger partial charge >= 0.3 is 0 Å². The van der Waals surface area contributed by atoms with Crippen LogP contribution in [-0.4, -0.2) is 30.5 Å². The summed E-state index contributed by atoms with van der Waals surface area (Å²) in [5.41, 5.74) is 3.38. The zero-order chi connectivity index (χ0) is 23.6. The number of benzene rings is 2. The first kappa shape index (κ1) is 23.4. The molecule has 0 spiro atoms.